The van der Waals surface area contributed by atoms with Crippen LogP contribution in [0, 0.1) is 0 Å². The molecule has 0 aromatic heterocycles. The molecule has 0 aliphatic carbocycles. The first-order valence-electron chi connectivity index (χ1n) is 8.34. The molecule has 0 radical (unpaired) electrons. The van der Waals surface area contributed by atoms with Gasteiger partial charge in [-0.2, -0.15) is 0 Å². The summed E-state index contributed by atoms with van der Waals surface area (Å²) in [5, 5.41) is 24.9. The predicted octanol–water partition coefficient (Wildman–Crippen LogP) is -2.99. The van der Waals surface area contributed by atoms with Crippen molar-refractivity contribution in [2.24, 2.45) is 11.5 Å². The normalized spacial score (nSPS) is 15.3. The van der Waals surface area contributed by atoms with Crippen molar-refractivity contribution in [2.75, 3.05) is 13.1 Å². The number of aliphatic hydroxyl groups excluding tert-OH is 1. The first-order chi connectivity index (χ1) is 12.1. The number of aliphatic hydroxyl groups is 1. The molecule has 0 aliphatic heterocycles. The van der Waals surface area contributed by atoms with E-state index in [-0.39, 0.29) is 0 Å². The van der Waals surface area contributed by atoms with Crippen LogP contribution in [0.15, 0.2) is 0 Å². The number of rotatable bonds is 12. The molecule has 3 amide bonds. The summed E-state index contributed by atoms with van der Waals surface area (Å²) in [4.78, 5) is 46.4. The first-order valence-corrected chi connectivity index (χ1v) is 8.34. The number of carboxylic acid groups (broad SMARTS) is 1. The van der Waals surface area contributed by atoms with E-state index in [0.717, 1.165) is 6.42 Å². The molecule has 26 heavy (non-hydrogen) atoms. The molecular formula is C15H29N5O6. The van der Waals surface area contributed by atoms with Gasteiger partial charge in [-0.1, -0.05) is 6.42 Å². The molecule has 0 saturated carbocycles. The summed E-state index contributed by atoms with van der Waals surface area (Å²) in [5.41, 5.74) is 11.1. The zero-order chi connectivity index (χ0) is 20.3. The Labute approximate surface area is 151 Å². The minimum absolute atomic E-state index is 0.422. The lowest BCUT2D eigenvalue weighted by Crippen LogP contribution is -2.58. The Bertz CT molecular complexity index is 499. The van der Waals surface area contributed by atoms with Crippen molar-refractivity contribution in [1.29, 1.82) is 0 Å². The molecule has 11 heteroatoms. The number of carbonyl (C=O) groups excluding carboxylic acids is 3. The summed E-state index contributed by atoms with van der Waals surface area (Å²) in [7, 11) is 0. The van der Waals surface area contributed by atoms with Crippen LogP contribution >= 0.6 is 0 Å². The molecule has 0 fully saturated rings. The third kappa shape index (κ3) is 9.30. The second-order valence-corrected chi connectivity index (χ2v) is 5.96. The van der Waals surface area contributed by atoms with E-state index in [4.69, 9.17) is 16.6 Å². The minimum atomic E-state index is -1.36. The Balaban J connectivity index is 4.61. The van der Waals surface area contributed by atoms with Crippen molar-refractivity contribution in [1.82, 2.24) is 16.0 Å². The van der Waals surface area contributed by atoms with Gasteiger partial charge in [0.15, 0.2) is 0 Å². The standard InChI is InChI=1S/C15H29N5O6/c1-8(19-14(25)10(17)5-3-4-6-16)13(24)20-12(9(2)21)15(26)18-7-11(22)23/h8-10,12,21H,3-7,16-17H2,1-2H3,(H,18,26)(H,19,25)(H,20,24)(H,22,23). The zero-order valence-corrected chi connectivity index (χ0v) is 15.0. The third-order valence-corrected chi connectivity index (χ3v) is 3.53. The van der Waals surface area contributed by atoms with Gasteiger partial charge in [0.1, 0.15) is 18.6 Å². The number of aliphatic carboxylic acids is 1. The molecular weight excluding hydrogens is 346 g/mol. The van der Waals surface area contributed by atoms with Crippen molar-refractivity contribution in [3.8, 4) is 0 Å². The molecule has 9 N–H and O–H groups in total. The van der Waals surface area contributed by atoms with Crippen LogP contribution in [0.5, 0.6) is 0 Å². The lowest BCUT2D eigenvalue weighted by Gasteiger charge is -2.23. The fourth-order valence-corrected chi connectivity index (χ4v) is 1.98. The molecule has 4 atom stereocenters. The van der Waals surface area contributed by atoms with Crippen molar-refractivity contribution in [3.05, 3.63) is 0 Å². The van der Waals surface area contributed by atoms with Gasteiger partial charge >= 0.3 is 5.97 Å². The second kappa shape index (κ2) is 12.2. The van der Waals surface area contributed by atoms with Crippen LogP contribution in [0.3, 0.4) is 0 Å². The summed E-state index contributed by atoms with van der Waals surface area (Å²) in [6.45, 7) is 2.51. The van der Waals surface area contributed by atoms with Crippen LogP contribution in [-0.4, -0.2) is 71.2 Å². The Morgan fingerprint density at radius 1 is 1.00 bits per heavy atom. The Kier molecular flexibility index (Phi) is 11.1. The third-order valence-electron chi connectivity index (χ3n) is 3.53. The van der Waals surface area contributed by atoms with Gasteiger partial charge in [-0.05, 0) is 33.2 Å². The smallest absolute Gasteiger partial charge is 0.322 e. The molecule has 0 rings (SSSR count). The monoisotopic (exact) mass is 375 g/mol. The van der Waals surface area contributed by atoms with Crippen molar-refractivity contribution >= 4 is 23.7 Å². The lowest BCUT2D eigenvalue weighted by atomic mass is 10.1. The van der Waals surface area contributed by atoms with E-state index in [1.54, 1.807) is 0 Å². The van der Waals surface area contributed by atoms with Gasteiger partial charge in [-0.25, -0.2) is 0 Å². The molecule has 0 saturated heterocycles. The van der Waals surface area contributed by atoms with Crippen LogP contribution in [0.1, 0.15) is 33.1 Å². The highest BCUT2D eigenvalue weighted by Gasteiger charge is 2.28. The molecule has 0 spiro atoms. The van der Waals surface area contributed by atoms with Crippen LogP contribution in [0.2, 0.25) is 0 Å². The fraction of sp³-hybridized carbons (Fsp3) is 0.733. The van der Waals surface area contributed by atoms with Gasteiger partial charge in [0.25, 0.3) is 0 Å². The van der Waals surface area contributed by atoms with Gasteiger partial charge < -0.3 is 37.6 Å². The largest absolute Gasteiger partial charge is 0.480 e. The van der Waals surface area contributed by atoms with Gasteiger partial charge in [0.2, 0.25) is 17.7 Å². The maximum atomic E-state index is 12.1. The first kappa shape index (κ1) is 23.8. The number of unbranched alkanes of at least 4 members (excludes halogenated alkanes) is 1. The molecule has 0 aromatic carbocycles. The average molecular weight is 375 g/mol. The van der Waals surface area contributed by atoms with Gasteiger partial charge in [-0.3, -0.25) is 19.2 Å². The van der Waals surface area contributed by atoms with Gasteiger partial charge in [0, 0.05) is 0 Å². The highest BCUT2D eigenvalue weighted by Crippen LogP contribution is 2.00. The summed E-state index contributed by atoms with van der Waals surface area (Å²) >= 11 is 0. The second-order valence-electron chi connectivity index (χ2n) is 5.96. The summed E-state index contributed by atoms with van der Waals surface area (Å²) in [6.07, 6.45) is 0.567. The van der Waals surface area contributed by atoms with Crippen LogP contribution < -0.4 is 27.4 Å². The number of carbonyl (C=O) groups is 4. The van der Waals surface area contributed by atoms with Crippen molar-refractivity contribution in [2.45, 2.75) is 57.3 Å². The number of amides is 3. The lowest BCUT2D eigenvalue weighted by molar-refractivity contribution is -0.139. The summed E-state index contributed by atoms with van der Waals surface area (Å²) < 4.78 is 0. The molecule has 0 aliphatic rings. The molecule has 11 nitrogen and oxygen atoms in total. The van der Waals surface area contributed by atoms with E-state index in [2.05, 4.69) is 16.0 Å². The maximum Gasteiger partial charge on any atom is 0.322 e. The molecule has 150 valence electrons. The molecule has 4 unspecified atom stereocenters. The number of hydrogen-bond acceptors (Lipinski definition) is 7. The zero-order valence-electron chi connectivity index (χ0n) is 15.0. The van der Waals surface area contributed by atoms with Crippen molar-refractivity contribution < 1.29 is 29.4 Å². The minimum Gasteiger partial charge on any atom is -0.480 e. The van der Waals surface area contributed by atoms with E-state index < -0.39 is 54.5 Å². The number of hydrogen-bond donors (Lipinski definition) is 7. The average Bonchev–Trinajstić information content (AvgIpc) is 2.56. The topological polar surface area (TPSA) is 197 Å². The Morgan fingerprint density at radius 2 is 1.62 bits per heavy atom. The van der Waals surface area contributed by atoms with Gasteiger partial charge in [0.05, 0.1) is 12.1 Å². The predicted molar refractivity (Wildman–Crippen MR) is 92.7 cm³/mol. The highest BCUT2D eigenvalue weighted by molar-refractivity contribution is 5.93. The van der Waals surface area contributed by atoms with E-state index in [1.165, 1.54) is 13.8 Å². The van der Waals surface area contributed by atoms with Crippen LogP contribution in [-0.2, 0) is 19.2 Å². The number of carboxylic acids is 1. The molecule has 0 bridgehead atoms. The summed E-state index contributed by atoms with van der Waals surface area (Å²) in [5.74, 6) is -3.36. The quantitative estimate of drug-likeness (QED) is 0.175. The van der Waals surface area contributed by atoms with E-state index in [1.807, 2.05) is 0 Å². The maximum absolute atomic E-state index is 12.1. The molecule has 0 aromatic rings. The van der Waals surface area contributed by atoms with Crippen molar-refractivity contribution in [3.63, 3.8) is 0 Å². The van der Waals surface area contributed by atoms with Crippen LogP contribution in [0.4, 0.5) is 0 Å². The van der Waals surface area contributed by atoms with E-state index in [9.17, 15) is 24.3 Å². The number of nitrogens with two attached hydrogens (primary N) is 2. The van der Waals surface area contributed by atoms with Gasteiger partial charge in [-0.15, -0.1) is 0 Å². The number of nitrogens with one attached hydrogen (secondary N) is 3. The highest BCUT2D eigenvalue weighted by atomic mass is 16.4. The fourth-order valence-electron chi connectivity index (χ4n) is 1.98. The molecule has 0 heterocycles. The Hall–Kier alpha value is -2.24. The SMILES string of the molecule is CC(NC(=O)C(N)CCCCN)C(=O)NC(C(=O)NCC(=O)O)C(C)O. The Morgan fingerprint density at radius 3 is 2.12 bits per heavy atom. The summed E-state index contributed by atoms with van der Waals surface area (Å²) in [6, 6.07) is -3.15. The van der Waals surface area contributed by atoms with Crippen LogP contribution in [0.25, 0.3) is 0 Å². The van der Waals surface area contributed by atoms with E-state index in [0.29, 0.717) is 19.4 Å². The van der Waals surface area contributed by atoms with E-state index >= 15 is 0 Å².